The third-order valence-corrected chi connectivity index (χ3v) is 1.62. The van der Waals surface area contributed by atoms with Gasteiger partial charge in [-0.1, -0.05) is 26.7 Å². The van der Waals surface area contributed by atoms with Crippen LogP contribution >= 0.6 is 0 Å². The minimum absolute atomic E-state index is 0. The molecule has 0 saturated carbocycles. The van der Waals surface area contributed by atoms with Crippen LogP contribution in [0.1, 0.15) is 39.5 Å². The van der Waals surface area contributed by atoms with Crippen molar-refractivity contribution < 1.29 is 9.63 Å². The van der Waals surface area contributed by atoms with Crippen molar-refractivity contribution in [2.24, 2.45) is 0 Å². The van der Waals surface area contributed by atoms with Crippen LogP contribution in [0.5, 0.6) is 0 Å². The van der Waals surface area contributed by atoms with Gasteiger partial charge in [-0.15, -0.1) is 5.06 Å². The van der Waals surface area contributed by atoms with Crippen LogP contribution in [-0.4, -0.2) is 54.2 Å². The van der Waals surface area contributed by atoms with Crippen LogP contribution in [0.2, 0.25) is 0 Å². The first-order valence-electron chi connectivity index (χ1n) is 4.62. The molecule has 4 heteroatoms. The SMILES string of the molecule is CCCCCN(C)OC(=O)CC.[NaH]. The van der Waals surface area contributed by atoms with E-state index in [2.05, 4.69) is 6.92 Å². The van der Waals surface area contributed by atoms with Crippen LogP contribution in [0.15, 0.2) is 0 Å². The molecule has 0 saturated heterocycles. The van der Waals surface area contributed by atoms with E-state index in [1.165, 1.54) is 12.8 Å². The van der Waals surface area contributed by atoms with Gasteiger partial charge in [-0.25, -0.2) is 0 Å². The average Bonchev–Trinajstić information content (AvgIpc) is 2.05. The second-order valence-corrected chi connectivity index (χ2v) is 2.88. The molecule has 0 fully saturated rings. The van der Waals surface area contributed by atoms with E-state index < -0.39 is 0 Å². The van der Waals surface area contributed by atoms with Crippen molar-refractivity contribution in [1.29, 1.82) is 0 Å². The van der Waals surface area contributed by atoms with Crippen LogP contribution < -0.4 is 0 Å². The molecule has 0 heterocycles. The average molecular weight is 197 g/mol. The van der Waals surface area contributed by atoms with E-state index in [4.69, 9.17) is 4.84 Å². The maximum absolute atomic E-state index is 10.8. The summed E-state index contributed by atoms with van der Waals surface area (Å²) in [5, 5.41) is 1.61. The molecular formula is C9H20NNaO2. The molecule has 0 atom stereocenters. The second kappa shape index (κ2) is 10.5. The van der Waals surface area contributed by atoms with Gasteiger partial charge in [-0.05, 0) is 6.42 Å². The summed E-state index contributed by atoms with van der Waals surface area (Å²) in [7, 11) is 1.79. The number of carbonyl (C=O) groups excluding carboxylic acids is 1. The number of unbranched alkanes of at least 4 members (excludes halogenated alkanes) is 2. The Bertz CT molecular complexity index is 131. The number of hydroxylamine groups is 2. The molecule has 0 aliphatic heterocycles. The molecule has 0 bridgehead atoms. The van der Waals surface area contributed by atoms with Gasteiger partial charge < -0.3 is 4.84 Å². The maximum atomic E-state index is 10.8. The minimum atomic E-state index is -0.158. The molecule has 0 aromatic rings. The van der Waals surface area contributed by atoms with Crippen molar-refractivity contribution in [3.63, 3.8) is 0 Å². The molecule has 0 unspecified atom stereocenters. The predicted octanol–water partition coefficient (Wildman–Crippen LogP) is 1.33. The van der Waals surface area contributed by atoms with Crippen LogP contribution in [-0.2, 0) is 9.63 Å². The van der Waals surface area contributed by atoms with Gasteiger partial charge in [-0.2, -0.15) is 0 Å². The monoisotopic (exact) mass is 197 g/mol. The quantitative estimate of drug-likeness (QED) is 0.365. The summed E-state index contributed by atoms with van der Waals surface area (Å²) >= 11 is 0. The summed E-state index contributed by atoms with van der Waals surface area (Å²) in [5.74, 6) is -0.158. The molecule has 0 aromatic heterocycles. The number of hydrogen-bond donors (Lipinski definition) is 0. The molecule has 74 valence electrons. The van der Waals surface area contributed by atoms with Crippen molar-refractivity contribution >= 4 is 35.5 Å². The molecule has 0 amide bonds. The topological polar surface area (TPSA) is 29.5 Å². The van der Waals surface area contributed by atoms with Crippen LogP contribution in [0, 0.1) is 0 Å². The first-order valence-corrected chi connectivity index (χ1v) is 4.62. The number of rotatable bonds is 6. The first kappa shape index (κ1) is 15.9. The molecule has 3 nitrogen and oxygen atoms in total. The van der Waals surface area contributed by atoms with E-state index in [-0.39, 0.29) is 35.5 Å². The van der Waals surface area contributed by atoms with E-state index >= 15 is 0 Å². The first-order chi connectivity index (χ1) is 5.70. The number of nitrogens with zero attached hydrogens (tertiary/aromatic N) is 1. The Morgan fingerprint density at radius 3 is 2.38 bits per heavy atom. The summed E-state index contributed by atoms with van der Waals surface area (Å²) in [6.45, 7) is 4.78. The van der Waals surface area contributed by atoms with Crippen LogP contribution in [0.4, 0.5) is 0 Å². The van der Waals surface area contributed by atoms with Gasteiger partial charge in [0.15, 0.2) is 0 Å². The Morgan fingerprint density at radius 1 is 1.31 bits per heavy atom. The molecule has 0 rings (SSSR count). The van der Waals surface area contributed by atoms with E-state index in [0.717, 1.165) is 13.0 Å². The summed E-state index contributed by atoms with van der Waals surface area (Å²) in [5.41, 5.74) is 0. The van der Waals surface area contributed by atoms with Gasteiger partial charge in [0.05, 0.1) is 0 Å². The second-order valence-electron chi connectivity index (χ2n) is 2.88. The zero-order valence-electron chi connectivity index (χ0n) is 8.30. The summed E-state index contributed by atoms with van der Waals surface area (Å²) in [4.78, 5) is 15.7. The molecule has 0 radical (unpaired) electrons. The fraction of sp³-hybridized carbons (Fsp3) is 0.889. The standard InChI is InChI=1S/C9H19NO2.Na.H/c1-4-6-7-8-10(3)12-9(11)5-2;;/h4-8H2,1-3H3;;. The van der Waals surface area contributed by atoms with Gasteiger partial charge >= 0.3 is 35.5 Å². The molecule has 0 N–H and O–H groups in total. The van der Waals surface area contributed by atoms with Crippen molar-refractivity contribution in [3.8, 4) is 0 Å². The Labute approximate surface area is 103 Å². The Morgan fingerprint density at radius 2 is 1.92 bits per heavy atom. The van der Waals surface area contributed by atoms with Crippen molar-refractivity contribution in [2.75, 3.05) is 13.6 Å². The Balaban J connectivity index is 0. The molecule has 0 aliphatic rings. The summed E-state index contributed by atoms with van der Waals surface area (Å²) in [6, 6.07) is 0. The van der Waals surface area contributed by atoms with Gasteiger partial charge in [0.25, 0.3) is 0 Å². The third kappa shape index (κ3) is 10.4. The number of carbonyl (C=O) groups is 1. The van der Waals surface area contributed by atoms with Crippen molar-refractivity contribution in [2.45, 2.75) is 39.5 Å². The van der Waals surface area contributed by atoms with Gasteiger partial charge in [0, 0.05) is 20.0 Å². The molecule has 0 aromatic carbocycles. The van der Waals surface area contributed by atoms with Crippen LogP contribution in [0.3, 0.4) is 0 Å². The molecule has 13 heavy (non-hydrogen) atoms. The Hall–Kier alpha value is 0.430. The Kier molecular flexibility index (Phi) is 12.8. The third-order valence-electron chi connectivity index (χ3n) is 1.62. The van der Waals surface area contributed by atoms with Gasteiger partial charge in [0.2, 0.25) is 0 Å². The van der Waals surface area contributed by atoms with E-state index in [1.807, 2.05) is 0 Å². The normalized spacial score (nSPS) is 9.54. The van der Waals surface area contributed by atoms with Crippen molar-refractivity contribution in [1.82, 2.24) is 5.06 Å². The predicted molar refractivity (Wildman–Crippen MR) is 55.7 cm³/mol. The van der Waals surface area contributed by atoms with Crippen LogP contribution in [0.25, 0.3) is 0 Å². The summed E-state index contributed by atoms with van der Waals surface area (Å²) < 4.78 is 0. The molecule has 0 aliphatic carbocycles. The van der Waals surface area contributed by atoms with Gasteiger partial charge in [0.1, 0.15) is 0 Å². The fourth-order valence-electron chi connectivity index (χ4n) is 0.868. The molecular weight excluding hydrogens is 177 g/mol. The van der Waals surface area contributed by atoms with E-state index in [0.29, 0.717) is 6.42 Å². The zero-order chi connectivity index (χ0) is 9.40. The molecule has 0 spiro atoms. The fourth-order valence-corrected chi connectivity index (χ4v) is 0.868. The van der Waals surface area contributed by atoms with E-state index in [9.17, 15) is 4.79 Å². The zero-order valence-corrected chi connectivity index (χ0v) is 8.30. The van der Waals surface area contributed by atoms with Crippen molar-refractivity contribution in [3.05, 3.63) is 0 Å². The van der Waals surface area contributed by atoms with Gasteiger partial charge in [-0.3, -0.25) is 4.79 Å². The summed E-state index contributed by atoms with van der Waals surface area (Å²) in [6.07, 6.45) is 3.91. The van der Waals surface area contributed by atoms with E-state index in [1.54, 1.807) is 19.0 Å². The number of hydrogen-bond acceptors (Lipinski definition) is 3.